The van der Waals surface area contributed by atoms with Crippen LogP contribution in [-0.2, 0) is 11.3 Å². The van der Waals surface area contributed by atoms with Gasteiger partial charge in [0.25, 0.3) is 0 Å². The number of rotatable bonds is 5. The Morgan fingerprint density at radius 2 is 1.72 bits per heavy atom. The van der Waals surface area contributed by atoms with Gasteiger partial charge in [0.15, 0.2) is 5.82 Å². The molecule has 2 aromatic heterocycles. The lowest BCUT2D eigenvalue weighted by Crippen LogP contribution is -2.40. The summed E-state index contributed by atoms with van der Waals surface area (Å²) in [6.45, 7) is 2.13. The van der Waals surface area contributed by atoms with Crippen LogP contribution < -0.4 is 10.2 Å². The number of benzene rings is 1. The fourth-order valence-electron chi connectivity index (χ4n) is 3.47. The lowest BCUT2D eigenvalue weighted by Gasteiger charge is -2.31. The molecule has 1 aliphatic rings. The highest BCUT2D eigenvalue weighted by Gasteiger charge is 2.25. The van der Waals surface area contributed by atoms with Crippen molar-refractivity contribution in [1.29, 1.82) is 0 Å². The van der Waals surface area contributed by atoms with Gasteiger partial charge in [-0.1, -0.05) is 23.7 Å². The molecule has 3 heterocycles. The number of anilines is 1. The van der Waals surface area contributed by atoms with Gasteiger partial charge in [-0.2, -0.15) is 0 Å². The van der Waals surface area contributed by atoms with E-state index in [2.05, 4.69) is 25.4 Å². The van der Waals surface area contributed by atoms with Crippen molar-refractivity contribution in [2.24, 2.45) is 5.92 Å². The first-order chi connectivity index (χ1) is 14.2. The minimum absolute atomic E-state index is 0.0365. The summed E-state index contributed by atoms with van der Waals surface area (Å²) in [7, 11) is 0. The molecule has 0 saturated carbocycles. The predicted molar refractivity (Wildman–Crippen MR) is 113 cm³/mol. The monoisotopic (exact) mass is 407 g/mol. The van der Waals surface area contributed by atoms with E-state index in [0.29, 0.717) is 11.6 Å². The van der Waals surface area contributed by atoms with Gasteiger partial charge >= 0.3 is 0 Å². The second-order valence-electron chi connectivity index (χ2n) is 7.12. The van der Waals surface area contributed by atoms with E-state index in [9.17, 15) is 4.79 Å². The van der Waals surface area contributed by atoms with Crippen LogP contribution in [-0.4, -0.2) is 34.2 Å². The largest absolute Gasteiger partial charge is 0.355 e. The Balaban J connectivity index is 1.30. The van der Waals surface area contributed by atoms with Gasteiger partial charge in [-0.25, -0.2) is 0 Å². The number of amides is 1. The van der Waals surface area contributed by atoms with Gasteiger partial charge in [-0.15, -0.1) is 10.2 Å². The summed E-state index contributed by atoms with van der Waals surface area (Å²) in [5, 5.41) is 12.5. The summed E-state index contributed by atoms with van der Waals surface area (Å²) in [4.78, 5) is 18.6. The molecule has 0 unspecified atom stereocenters. The SMILES string of the molecule is O=C(NCc1ccncc1)C1CCN(c2ccc(-c3ccc(Cl)cc3)nn2)CC1. The first-order valence-electron chi connectivity index (χ1n) is 9.70. The van der Waals surface area contributed by atoms with Crippen molar-refractivity contribution in [2.75, 3.05) is 18.0 Å². The number of nitrogens with one attached hydrogen (secondary N) is 1. The standard InChI is InChI=1S/C22H22ClN5O/c23-19-3-1-17(2-4-19)20-5-6-21(27-26-20)28-13-9-18(10-14-28)22(29)25-15-16-7-11-24-12-8-16/h1-8,11-12,18H,9-10,13-15H2,(H,25,29). The molecule has 1 N–H and O–H groups in total. The van der Waals surface area contributed by atoms with Crippen LogP contribution >= 0.6 is 11.6 Å². The number of hydrogen-bond donors (Lipinski definition) is 1. The second-order valence-corrected chi connectivity index (χ2v) is 7.55. The molecular weight excluding hydrogens is 386 g/mol. The molecule has 1 saturated heterocycles. The Kier molecular flexibility index (Phi) is 6.00. The van der Waals surface area contributed by atoms with Crippen LogP contribution in [0.5, 0.6) is 0 Å². The van der Waals surface area contributed by atoms with Gasteiger partial charge in [0.2, 0.25) is 5.91 Å². The molecule has 1 amide bonds. The molecule has 0 atom stereocenters. The van der Waals surface area contributed by atoms with Crippen molar-refractivity contribution < 1.29 is 4.79 Å². The van der Waals surface area contributed by atoms with Crippen molar-refractivity contribution in [3.63, 3.8) is 0 Å². The van der Waals surface area contributed by atoms with Gasteiger partial charge in [-0.3, -0.25) is 9.78 Å². The number of carbonyl (C=O) groups excluding carboxylic acids is 1. The van der Waals surface area contributed by atoms with Crippen molar-refractivity contribution in [2.45, 2.75) is 19.4 Å². The van der Waals surface area contributed by atoms with Crippen LogP contribution in [0.2, 0.25) is 5.02 Å². The third-order valence-electron chi connectivity index (χ3n) is 5.20. The maximum absolute atomic E-state index is 12.5. The number of halogens is 1. The van der Waals surface area contributed by atoms with Crippen LogP contribution in [0, 0.1) is 5.92 Å². The number of carbonyl (C=O) groups is 1. The minimum Gasteiger partial charge on any atom is -0.355 e. The van der Waals surface area contributed by atoms with Crippen molar-refractivity contribution >= 4 is 23.3 Å². The maximum Gasteiger partial charge on any atom is 0.223 e. The summed E-state index contributed by atoms with van der Waals surface area (Å²) in [5.41, 5.74) is 2.86. The number of pyridine rings is 1. The van der Waals surface area contributed by atoms with Crippen LogP contribution in [0.25, 0.3) is 11.3 Å². The molecule has 0 spiro atoms. The molecule has 1 aromatic carbocycles. The minimum atomic E-state index is 0.0365. The van der Waals surface area contributed by atoms with Gasteiger partial charge in [0.05, 0.1) is 5.69 Å². The summed E-state index contributed by atoms with van der Waals surface area (Å²) >= 11 is 5.94. The van der Waals surface area contributed by atoms with Crippen molar-refractivity contribution in [3.05, 3.63) is 71.5 Å². The Labute approximate surface area is 174 Å². The molecule has 3 aromatic rings. The van der Waals surface area contributed by atoms with Crippen LogP contribution in [0.1, 0.15) is 18.4 Å². The molecule has 6 nitrogen and oxygen atoms in total. The van der Waals surface area contributed by atoms with Crippen LogP contribution in [0.4, 0.5) is 5.82 Å². The van der Waals surface area contributed by atoms with Gasteiger partial charge in [-0.05, 0) is 54.8 Å². The molecular formula is C22H22ClN5O. The molecule has 0 aliphatic carbocycles. The van der Waals surface area contributed by atoms with Gasteiger partial charge in [0, 0.05) is 48.5 Å². The number of hydrogen-bond acceptors (Lipinski definition) is 5. The lowest BCUT2D eigenvalue weighted by molar-refractivity contribution is -0.125. The first-order valence-corrected chi connectivity index (χ1v) is 10.1. The van der Waals surface area contributed by atoms with E-state index in [0.717, 1.165) is 48.6 Å². The first kappa shape index (κ1) is 19.3. The highest BCUT2D eigenvalue weighted by Crippen LogP contribution is 2.24. The molecule has 1 aliphatic heterocycles. The third-order valence-corrected chi connectivity index (χ3v) is 5.45. The zero-order valence-corrected chi connectivity index (χ0v) is 16.7. The number of piperidine rings is 1. The van der Waals surface area contributed by atoms with Crippen LogP contribution in [0.3, 0.4) is 0 Å². The Bertz CT molecular complexity index is 939. The summed E-state index contributed by atoms with van der Waals surface area (Å²) < 4.78 is 0. The normalized spacial score (nSPS) is 14.6. The third kappa shape index (κ3) is 4.90. The summed E-state index contributed by atoms with van der Waals surface area (Å²) in [6, 6.07) is 15.3. The fraction of sp³-hybridized carbons (Fsp3) is 0.273. The van der Waals surface area contributed by atoms with Gasteiger partial charge in [0.1, 0.15) is 0 Å². The molecule has 0 bridgehead atoms. The van der Waals surface area contributed by atoms with E-state index in [-0.39, 0.29) is 11.8 Å². The van der Waals surface area contributed by atoms with E-state index < -0.39 is 0 Å². The van der Waals surface area contributed by atoms with Gasteiger partial charge < -0.3 is 10.2 Å². The highest BCUT2D eigenvalue weighted by molar-refractivity contribution is 6.30. The average Bonchev–Trinajstić information content (AvgIpc) is 2.79. The van der Waals surface area contributed by atoms with E-state index in [1.807, 2.05) is 48.5 Å². The zero-order valence-electron chi connectivity index (χ0n) is 16.0. The van der Waals surface area contributed by atoms with E-state index in [1.54, 1.807) is 12.4 Å². The molecule has 148 valence electrons. The smallest absolute Gasteiger partial charge is 0.223 e. The maximum atomic E-state index is 12.5. The summed E-state index contributed by atoms with van der Waals surface area (Å²) in [6.07, 6.45) is 5.09. The average molecular weight is 408 g/mol. The second kappa shape index (κ2) is 9.01. The Morgan fingerprint density at radius 3 is 2.38 bits per heavy atom. The Morgan fingerprint density at radius 1 is 1.00 bits per heavy atom. The molecule has 4 rings (SSSR count). The Hall–Kier alpha value is -2.99. The topological polar surface area (TPSA) is 71.0 Å². The molecule has 0 radical (unpaired) electrons. The van der Waals surface area contributed by atoms with Crippen LogP contribution in [0.15, 0.2) is 60.9 Å². The number of nitrogens with zero attached hydrogens (tertiary/aromatic N) is 4. The highest BCUT2D eigenvalue weighted by atomic mass is 35.5. The fourth-order valence-corrected chi connectivity index (χ4v) is 3.60. The van der Waals surface area contributed by atoms with Crippen molar-refractivity contribution in [3.8, 4) is 11.3 Å². The van der Waals surface area contributed by atoms with Crippen molar-refractivity contribution in [1.82, 2.24) is 20.5 Å². The predicted octanol–water partition coefficient (Wildman–Crippen LogP) is 3.72. The molecule has 1 fully saturated rings. The molecule has 7 heteroatoms. The zero-order chi connectivity index (χ0) is 20.1. The quantitative estimate of drug-likeness (QED) is 0.697. The lowest BCUT2D eigenvalue weighted by atomic mass is 9.96. The summed E-state index contributed by atoms with van der Waals surface area (Å²) in [5.74, 6) is 0.998. The molecule has 29 heavy (non-hydrogen) atoms. The number of aromatic nitrogens is 3. The van der Waals surface area contributed by atoms with E-state index in [1.165, 1.54) is 0 Å². The van der Waals surface area contributed by atoms with E-state index in [4.69, 9.17) is 11.6 Å². The van der Waals surface area contributed by atoms with E-state index >= 15 is 0 Å².